The van der Waals surface area contributed by atoms with E-state index in [1.54, 1.807) is 0 Å². The molecule has 214 valence electrons. The number of aliphatic hydroxyl groups is 2. The van der Waals surface area contributed by atoms with Gasteiger partial charge in [-0.05, 0) is 18.9 Å². The first-order valence-corrected chi connectivity index (χ1v) is 11.9. The molecule has 0 radical (unpaired) electrons. The number of guanidine groups is 1. The number of esters is 1. The number of aliphatic hydroxyl groups excluding tert-OH is 2. The van der Waals surface area contributed by atoms with Crippen LogP contribution in [0, 0.1) is 5.92 Å². The third-order valence-corrected chi connectivity index (χ3v) is 5.87. The van der Waals surface area contributed by atoms with Gasteiger partial charge < -0.3 is 45.3 Å². The van der Waals surface area contributed by atoms with Crippen LogP contribution < -0.4 is 16.4 Å². The summed E-state index contributed by atoms with van der Waals surface area (Å²) >= 11 is 0. The number of hydrogen-bond acceptors (Lipinski definition) is 11. The number of amides is 2. The van der Waals surface area contributed by atoms with Crippen molar-refractivity contribution in [2.75, 3.05) is 26.9 Å². The van der Waals surface area contributed by atoms with Crippen LogP contribution in [0.3, 0.4) is 0 Å². The number of aliphatic carboxylic acids is 1. The van der Waals surface area contributed by atoms with Crippen molar-refractivity contribution in [3.63, 3.8) is 0 Å². The van der Waals surface area contributed by atoms with E-state index in [9.17, 15) is 33.8 Å². The normalized spacial score (nSPS) is 23.6. The Kier molecular flexibility index (Phi) is 12.0. The minimum Gasteiger partial charge on any atom is -0.478 e. The Morgan fingerprint density at radius 3 is 2.45 bits per heavy atom. The number of nitrogens with two attached hydrogens (primary N) is 1. The molecule has 0 saturated heterocycles. The molecular weight excluding hydrogens is 515 g/mol. The van der Waals surface area contributed by atoms with Gasteiger partial charge in [-0.2, -0.15) is 0 Å². The zero-order valence-electron chi connectivity index (χ0n) is 20.7. The van der Waals surface area contributed by atoms with Crippen LogP contribution in [0.25, 0.3) is 0 Å². The summed E-state index contributed by atoms with van der Waals surface area (Å²) in [6.07, 6.45) is -2.97. The number of ether oxygens (including phenoxy) is 4. The number of carboxylic acid groups (broad SMARTS) is 1. The number of carbonyl (C=O) groups is 4. The summed E-state index contributed by atoms with van der Waals surface area (Å²) in [4.78, 5) is 51.3. The number of carboxylic acids is 1. The number of halogens is 1. The lowest BCUT2D eigenvalue weighted by molar-refractivity contribution is -0.150. The van der Waals surface area contributed by atoms with E-state index in [4.69, 9.17) is 25.1 Å². The molecule has 0 aromatic rings. The Hall–Kier alpha value is -3.66. The molecule has 5 atom stereocenters. The van der Waals surface area contributed by atoms with Crippen LogP contribution in [0.15, 0.2) is 16.8 Å². The second-order valence-corrected chi connectivity index (χ2v) is 8.54. The number of carbonyl (C=O) groups excluding carboxylic acids is 3. The zero-order valence-corrected chi connectivity index (χ0v) is 20.7. The molecule has 0 bridgehead atoms. The summed E-state index contributed by atoms with van der Waals surface area (Å²) in [6.45, 7) is -1.49. The van der Waals surface area contributed by atoms with E-state index in [0.717, 1.165) is 45.3 Å². The quantitative estimate of drug-likeness (QED) is 0.0655. The maximum atomic E-state index is 14.8. The first kappa shape index (κ1) is 30.6. The highest BCUT2D eigenvalue weighted by Crippen LogP contribution is 2.27. The Morgan fingerprint density at radius 1 is 1.18 bits per heavy atom. The maximum Gasteiger partial charge on any atom is 0.414 e. The number of rotatable bonds is 10. The van der Waals surface area contributed by atoms with Crippen molar-refractivity contribution in [3.05, 3.63) is 11.8 Å². The van der Waals surface area contributed by atoms with Gasteiger partial charge >= 0.3 is 24.1 Å². The fourth-order valence-electron chi connectivity index (χ4n) is 3.96. The van der Waals surface area contributed by atoms with Crippen LogP contribution in [0.2, 0.25) is 0 Å². The molecule has 0 aromatic carbocycles. The van der Waals surface area contributed by atoms with Crippen molar-refractivity contribution in [1.29, 1.82) is 0 Å². The maximum absolute atomic E-state index is 14.8. The third-order valence-electron chi connectivity index (χ3n) is 5.87. The summed E-state index contributed by atoms with van der Waals surface area (Å²) in [5, 5.41) is 32.5. The van der Waals surface area contributed by atoms with Crippen molar-refractivity contribution in [1.82, 2.24) is 10.6 Å². The Balaban J connectivity index is 2.05. The summed E-state index contributed by atoms with van der Waals surface area (Å²) in [7, 11) is 1.01. The van der Waals surface area contributed by atoms with Gasteiger partial charge in [-0.3, -0.25) is 10.1 Å². The Bertz CT molecular complexity index is 910. The molecule has 1 fully saturated rings. The van der Waals surface area contributed by atoms with Crippen molar-refractivity contribution in [2.24, 2.45) is 16.6 Å². The van der Waals surface area contributed by atoms with Crippen LogP contribution in [0.1, 0.15) is 32.1 Å². The molecule has 16 heteroatoms. The van der Waals surface area contributed by atoms with Gasteiger partial charge in [0, 0.05) is 0 Å². The van der Waals surface area contributed by atoms with Gasteiger partial charge in [0.25, 0.3) is 0 Å². The molecule has 1 heterocycles. The second-order valence-electron chi connectivity index (χ2n) is 8.54. The predicted molar refractivity (Wildman–Crippen MR) is 125 cm³/mol. The SMILES string of the molecule is COC(=O)N[C@H]1[C@@H](C(F)[C@H](O)CO)OC(C(=O)O)=C[C@H]1N=C(N)NC(=O)OCCOC(=O)C1CCCCC1. The van der Waals surface area contributed by atoms with E-state index in [2.05, 4.69) is 20.4 Å². The molecule has 2 aliphatic rings. The summed E-state index contributed by atoms with van der Waals surface area (Å²) < 4.78 is 34.4. The molecule has 2 amide bonds. The summed E-state index contributed by atoms with van der Waals surface area (Å²) in [5.41, 5.74) is 5.72. The van der Waals surface area contributed by atoms with Crippen molar-refractivity contribution in [3.8, 4) is 0 Å². The summed E-state index contributed by atoms with van der Waals surface area (Å²) in [5.74, 6) is -3.52. The number of alkyl halides is 1. The van der Waals surface area contributed by atoms with Crippen molar-refractivity contribution in [2.45, 2.75) is 62.6 Å². The van der Waals surface area contributed by atoms with E-state index in [1.165, 1.54) is 0 Å². The fraction of sp³-hybridized carbons (Fsp3) is 0.682. The highest BCUT2D eigenvalue weighted by Gasteiger charge is 2.45. The molecule has 1 aliphatic heterocycles. The topological polar surface area (TPSA) is 228 Å². The Morgan fingerprint density at radius 2 is 1.84 bits per heavy atom. The second kappa shape index (κ2) is 14.9. The first-order chi connectivity index (χ1) is 18.1. The average molecular weight is 549 g/mol. The molecule has 1 saturated carbocycles. The van der Waals surface area contributed by atoms with Crippen molar-refractivity contribution >= 4 is 30.1 Å². The predicted octanol–water partition coefficient (Wildman–Crippen LogP) is -0.697. The highest BCUT2D eigenvalue weighted by atomic mass is 19.1. The average Bonchev–Trinajstić information content (AvgIpc) is 2.90. The van der Waals surface area contributed by atoms with Gasteiger partial charge in [0.1, 0.15) is 19.3 Å². The molecule has 7 N–H and O–H groups in total. The minimum absolute atomic E-state index is 0.165. The number of nitrogens with one attached hydrogen (secondary N) is 2. The lowest BCUT2D eigenvalue weighted by atomic mass is 9.89. The third kappa shape index (κ3) is 9.02. The van der Waals surface area contributed by atoms with Gasteiger partial charge in [-0.25, -0.2) is 23.8 Å². The van der Waals surface area contributed by atoms with E-state index < -0.39 is 66.9 Å². The molecule has 1 aliphatic carbocycles. The number of hydrogen-bond donors (Lipinski definition) is 6. The van der Waals surface area contributed by atoms with Crippen LogP contribution in [-0.4, -0.2) is 103 Å². The lowest BCUT2D eigenvalue weighted by Gasteiger charge is -2.37. The van der Waals surface area contributed by atoms with Gasteiger partial charge in [0.15, 0.2) is 18.2 Å². The van der Waals surface area contributed by atoms with Crippen LogP contribution in [-0.2, 0) is 28.5 Å². The van der Waals surface area contributed by atoms with Crippen molar-refractivity contribution < 1.29 is 57.8 Å². The molecule has 38 heavy (non-hydrogen) atoms. The molecule has 0 aromatic heterocycles. The van der Waals surface area contributed by atoms with E-state index in [0.29, 0.717) is 0 Å². The van der Waals surface area contributed by atoms with Gasteiger partial charge in [-0.1, -0.05) is 19.3 Å². The van der Waals surface area contributed by atoms with E-state index in [1.807, 2.05) is 0 Å². The van der Waals surface area contributed by atoms with Gasteiger partial charge in [-0.15, -0.1) is 0 Å². The van der Waals surface area contributed by atoms with E-state index >= 15 is 0 Å². The van der Waals surface area contributed by atoms with E-state index in [-0.39, 0.29) is 25.1 Å². The molecular formula is C22H33FN4O11. The molecule has 1 unspecified atom stereocenters. The molecule has 15 nitrogen and oxygen atoms in total. The van der Waals surface area contributed by atoms with Gasteiger partial charge in [0.2, 0.25) is 5.76 Å². The number of methoxy groups -OCH3 is 1. The minimum atomic E-state index is -2.38. The van der Waals surface area contributed by atoms with Gasteiger partial charge in [0.05, 0.1) is 31.7 Å². The van der Waals surface area contributed by atoms with Crippen LogP contribution in [0.5, 0.6) is 0 Å². The highest BCUT2D eigenvalue weighted by molar-refractivity contribution is 5.93. The molecule has 2 rings (SSSR count). The van der Waals surface area contributed by atoms with Crippen LogP contribution in [0.4, 0.5) is 14.0 Å². The largest absolute Gasteiger partial charge is 0.478 e. The monoisotopic (exact) mass is 548 g/mol. The first-order valence-electron chi connectivity index (χ1n) is 11.9. The standard InChI is InChI=1S/C22H33FN4O11/c1-35-21(33)26-16-12(9-14(18(30)31)38-17(16)15(23)13(29)10-28)25-20(24)27-22(34)37-8-7-36-19(32)11-5-3-2-4-6-11/h9,11-13,15-17,28-29H,2-8,10H2,1H3,(H,26,33)(H,30,31)(H3,24,25,27,34)/t12-,13-,15?,16-,17-/m1/s1. The number of aliphatic imine (C=N–C) groups is 1. The summed E-state index contributed by atoms with van der Waals surface area (Å²) in [6, 6.07) is -2.92. The fourth-order valence-corrected chi connectivity index (χ4v) is 3.96. The zero-order chi connectivity index (χ0) is 28.2. The number of nitrogens with zero attached hydrogens (tertiary/aromatic N) is 1. The van der Waals surface area contributed by atoms with Crippen LogP contribution >= 0.6 is 0 Å². The smallest absolute Gasteiger partial charge is 0.414 e. The molecule has 0 spiro atoms. The lowest BCUT2D eigenvalue weighted by Crippen LogP contribution is -2.59. The number of alkyl carbamates (subject to hydrolysis) is 2. The Labute approximate surface area is 217 Å².